The first-order valence-electron chi connectivity index (χ1n) is 9.73. The maximum Gasteiger partial charge on any atom is 0.325 e. The number of ether oxygens (including phenoxy) is 2. The summed E-state index contributed by atoms with van der Waals surface area (Å²) in [5, 5.41) is 7.62. The Labute approximate surface area is 176 Å². The molecule has 1 unspecified atom stereocenters. The van der Waals surface area contributed by atoms with E-state index in [0.717, 1.165) is 23.3 Å². The highest BCUT2D eigenvalue weighted by Gasteiger charge is 2.56. The lowest BCUT2D eigenvalue weighted by atomic mass is 9.96. The van der Waals surface area contributed by atoms with Gasteiger partial charge in [0.25, 0.3) is 5.91 Å². The number of aromatic nitrogens is 1. The number of hydrogen-bond acceptors (Lipinski definition) is 7. The number of carbonyl (C=O) groups excluding carboxylic acids is 3. The van der Waals surface area contributed by atoms with Gasteiger partial charge in [0.15, 0.2) is 16.6 Å². The van der Waals surface area contributed by atoms with E-state index in [4.69, 9.17) is 9.47 Å². The van der Waals surface area contributed by atoms with Gasteiger partial charge < -0.3 is 20.1 Å². The molecule has 2 aliphatic heterocycles. The molecule has 9 nitrogen and oxygen atoms in total. The summed E-state index contributed by atoms with van der Waals surface area (Å²) >= 11 is 1.27. The van der Waals surface area contributed by atoms with Gasteiger partial charge in [0.2, 0.25) is 5.91 Å². The molecule has 10 heteroatoms. The van der Waals surface area contributed by atoms with Crippen molar-refractivity contribution in [3.05, 3.63) is 23.6 Å². The maximum absolute atomic E-state index is 12.6. The van der Waals surface area contributed by atoms with Crippen molar-refractivity contribution in [2.45, 2.75) is 25.3 Å². The highest BCUT2D eigenvalue weighted by atomic mass is 32.1. The molecule has 1 aromatic carbocycles. The zero-order valence-electron chi connectivity index (χ0n) is 16.3. The van der Waals surface area contributed by atoms with Gasteiger partial charge in [-0.2, -0.15) is 0 Å². The summed E-state index contributed by atoms with van der Waals surface area (Å²) in [4.78, 5) is 42.7. The topological polar surface area (TPSA) is 110 Å². The average Bonchev–Trinajstić information content (AvgIpc) is 3.46. The zero-order chi connectivity index (χ0) is 20.9. The summed E-state index contributed by atoms with van der Waals surface area (Å²) < 4.78 is 11.1. The Hall–Kier alpha value is -3.14. The predicted octanol–water partition coefficient (Wildman–Crippen LogP) is 2.24. The summed E-state index contributed by atoms with van der Waals surface area (Å²) in [7, 11) is 0. The quantitative estimate of drug-likeness (QED) is 0.707. The fourth-order valence-corrected chi connectivity index (χ4v) is 4.50. The van der Waals surface area contributed by atoms with Crippen molar-refractivity contribution in [2.24, 2.45) is 5.92 Å². The number of carbonyl (C=O) groups is 3. The molecule has 156 valence electrons. The molecule has 1 aromatic heterocycles. The van der Waals surface area contributed by atoms with Gasteiger partial charge in [0, 0.05) is 10.9 Å². The van der Waals surface area contributed by atoms with E-state index < -0.39 is 17.5 Å². The first-order chi connectivity index (χ1) is 14.4. The molecule has 2 fully saturated rings. The normalized spacial score (nSPS) is 22.8. The fourth-order valence-electron chi connectivity index (χ4n) is 3.77. The van der Waals surface area contributed by atoms with Gasteiger partial charge in [0.1, 0.15) is 25.3 Å². The van der Waals surface area contributed by atoms with E-state index in [1.165, 1.54) is 11.3 Å². The van der Waals surface area contributed by atoms with E-state index in [-0.39, 0.29) is 18.4 Å². The smallest absolute Gasteiger partial charge is 0.325 e. The van der Waals surface area contributed by atoms with E-state index >= 15 is 0 Å². The molecular weight excluding hydrogens is 408 g/mol. The van der Waals surface area contributed by atoms with E-state index in [2.05, 4.69) is 15.6 Å². The van der Waals surface area contributed by atoms with Crippen LogP contribution in [0, 0.1) is 5.92 Å². The second-order valence-electron chi connectivity index (χ2n) is 7.74. The second-order valence-corrected chi connectivity index (χ2v) is 8.60. The third-order valence-electron chi connectivity index (χ3n) is 5.59. The Bertz CT molecular complexity index is 1050. The molecule has 3 aliphatic rings. The molecule has 0 radical (unpaired) electrons. The maximum atomic E-state index is 12.6. The third-order valence-corrected chi connectivity index (χ3v) is 6.34. The van der Waals surface area contributed by atoms with Crippen molar-refractivity contribution in [1.29, 1.82) is 0 Å². The minimum Gasteiger partial charge on any atom is -0.486 e. The van der Waals surface area contributed by atoms with Crippen LogP contribution in [-0.2, 0) is 9.59 Å². The van der Waals surface area contributed by atoms with E-state index in [0.29, 0.717) is 35.5 Å². The second kappa shape index (κ2) is 6.98. The van der Waals surface area contributed by atoms with E-state index in [1.807, 2.05) is 23.6 Å². The number of fused-ring (bicyclic) bond motifs is 1. The van der Waals surface area contributed by atoms with Crippen molar-refractivity contribution in [1.82, 2.24) is 15.2 Å². The van der Waals surface area contributed by atoms with Crippen LogP contribution in [0.3, 0.4) is 0 Å². The van der Waals surface area contributed by atoms with Gasteiger partial charge in [-0.15, -0.1) is 11.3 Å². The molecule has 2 N–H and O–H groups in total. The molecule has 1 atom stereocenters. The van der Waals surface area contributed by atoms with Crippen molar-refractivity contribution >= 4 is 34.3 Å². The standard InChI is InChI=1S/C20H20N4O5S/c1-20(12-3-4-12)17(26)24(19(27)23-20)9-16(25)22-18-21-13(10-30-18)11-2-5-14-15(8-11)29-7-6-28-14/h2,5,8,10,12H,3-4,6-7,9H2,1H3,(H,23,27)(H,21,22,25). The van der Waals surface area contributed by atoms with Crippen LogP contribution in [-0.4, -0.2) is 53.0 Å². The van der Waals surface area contributed by atoms with Gasteiger partial charge >= 0.3 is 6.03 Å². The largest absolute Gasteiger partial charge is 0.486 e. The van der Waals surface area contributed by atoms with Crippen LogP contribution < -0.4 is 20.1 Å². The lowest BCUT2D eigenvalue weighted by molar-refractivity contribution is -0.134. The predicted molar refractivity (Wildman–Crippen MR) is 109 cm³/mol. The van der Waals surface area contributed by atoms with Gasteiger partial charge in [-0.05, 0) is 43.9 Å². The number of rotatable bonds is 5. The molecule has 2 aromatic rings. The van der Waals surface area contributed by atoms with Crippen LogP contribution in [0.15, 0.2) is 23.6 Å². The minimum absolute atomic E-state index is 0.148. The van der Waals surface area contributed by atoms with Crippen LogP contribution in [0.4, 0.5) is 9.93 Å². The highest BCUT2D eigenvalue weighted by Crippen LogP contribution is 2.42. The molecule has 3 heterocycles. The van der Waals surface area contributed by atoms with Crippen LogP contribution in [0.5, 0.6) is 11.5 Å². The monoisotopic (exact) mass is 428 g/mol. The van der Waals surface area contributed by atoms with Crippen LogP contribution in [0.2, 0.25) is 0 Å². The lowest BCUT2D eigenvalue weighted by Crippen LogP contribution is -2.46. The van der Waals surface area contributed by atoms with Gasteiger partial charge in [-0.1, -0.05) is 0 Å². The van der Waals surface area contributed by atoms with E-state index in [1.54, 1.807) is 6.92 Å². The summed E-state index contributed by atoms with van der Waals surface area (Å²) in [6.45, 7) is 2.41. The van der Waals surface area contributed by atoms with Crippen molar-refractivity contribution in [3.8, 4) is 22.8 Å². The number of anilines is 1. The number of nitrogens with zero attached hydrogens (tertiary/aromatic N) is 2. The van der Waals surface area contributed by atoms with Crippen molar-refractivity contribution in [2.75, 3.05) is 25.1 Å². The van der Waals surface area contributed by atoms with Gasteiger partial charge in [-0.25, -0.2) is 9.78 Å². The summed E-state index contributed by atoms with van der Waals surface area (Å²) in [6, 6.07) is 5.03. The summed E-state index contributed by atoms with van der Waals surface area (Å²) in [5.41, 5.74) is 0.623. The third kappa shape index (κ3) is 3.26. The number of urea groups is 1. The van der Waals surface area contributed by atoms with Gasteiger partial charge in [0.05, 0.1) is 5.69 Å². The Morgan fingerprint density at radius 2 is 2.07 bits per heavy atom. The number of benzene rings is 1. The minimum atomic E-state index is -0.899. The first kappa shape index (κ1) is 18.9. The SMILES string of the molecule is CC1(C2CC2)NC(=O)N(CC(=O)Nc2nc(-c3ccc4c(c3)OCCO4)cs2)C1=O. The molecule has 1 aliphatic carbocycles. The lowest BCUT2D eigenvalue weighted by Gasteiger charge is -2.20. The van der Waals surface area contributed by atoms with Crippen LogP contribution in [0.25, 0.3) is 11.3 Å². The first-order valence-corrected chi connectivity index (χ1v) is 10.6. The number of hydrogen-bond donors (Lipinski definition) is 2. The molecule has 5 rings (SSSR count). The molecule has 30 heavy (non-hydrogen) atoms. The number of nitrogens with one attached hydrogen (secondary N) is 2. The molecule has 1 saturated carbocycles. The fraction of sp³-hybridized carbons (Fsp3) is 0.400. The molecule has 0 bridgehead atoms. The molecular formula is C20H20N4O5S. The van der Waals surface area contributed by atoms with Gasteiger partial charge in [-0.3, -0.25) is 14.5 Å². The summed E-state index contributed by atoms with van der Waals surface area (Å²) in [6.07, 6.45) is 1.81. The Morgan fingerprint density at radius 1 is 1.30 bits per heavy atom. The molecule has 1 saturated heterocycles. The van der Waals surface area contributed by atoms with E-state index in [9.17, 15) is 14.4 Å². The number of thiazole rings is 1. The Balaban J connectivity index is 1.25. The number of amides is 4. The molecule has 0 spiro atoms. The highest BCUT2D eigenvalue weighted by molar-refractivity contribution is 7.14. The zero-order valence-corrected chi connectivity index (χ0v) is 17.1. The summed E-state index contributed by atoms with van der Waals surface area (Å²) in [5.74, 6) is 0.688. The van der Waals surface area contributed by atoms with Crippen molar-refractivity contribution in [3.63, 3.8) is 0 Å². The average molecular weight is 428 g/mol. The number of imide groups is 1. The molecule has 4 amide bonds. The Kier molecular flexibility index (Phi) is 4.39. The van der Waals surface area contributed by atoms with Crippen molar-refractivity contribution < 1.29 is 23.9 Å². The Morgan fingerprint density at radius 3 is 2.83 bits per heavy atom. The van der Waals surface area contributed by atoms with Crippen LogP contribution in [0.1, 0.15) is 19.8 Å². The van der Waals surface area contributed by atoms with Crippen LogP contribution >= 0.6 is 11.3 Å².